The second-order valence-corrected chi connectivity index (χ2v) is 4.27. The first-order valence-electron chi connectivity index (χ1n) is 5.73. The molecular weight excluding hydrogens is 249 g/mol. The highest BCUT2D eigenvalue weighted by molar-refractivity contribution is 5.88. The maximum Gasteiger partial charge on any atom is 0.335 e. The topological polar surface area (TPSA) is 67.2 Å². The summed E-state index contributed by atoms with van der Waals surface area (Å²) in [5.74, 6) is -1.56. The first-order chi connectivity index (χ1) is 8.97. The zero-order valence-electron chi connectivity index (χ0n) is 10.6. The first-order valence-corrected chi connectivity index (χ1v) is 5.73. The van der Waals surface area contributed by atoms with Crippen molar-refractivity contribution in [2.75, 3.05) is 5.32 Å². The maximum atomic E-state index is 13.6. The van der Waals surface area contributed by atoms with Crippen molar-refractivity contribution in [3.8, 4) is 0 Å². The highest BCUT2D eigenvalue weighted by atomic mass is 19.1. The highest BCUT2D eigenvalue weighted by Gasteiger charge is 2.09. The van der Waals surface area contributed by atoms with Crippen LogP contribution in [-0.2, 0) is 13.6 Å². The van der Waals surface area contributed by atoms with E-state index in [2.05, 4.69) is 10.4 Å². The fraction of sp³-hybridized carbons (Fsp3) is 0.231. The molecule has 1 aromatic heterocycles. The Morgan fingerprint density at radius 2 is 2.26 bits per heavy atom. The molecule has 0 aliphatic rings. The van der Waals surface area contributed by atoms with Gasteiger partial charge in [0.05, 0.1) is 16.9 Å². The van der Waals surface area contributed by atoms with Gasteiger partial charge < -0.3 is 10.4 Å². The van der Waals surface area contributed by atoms with E-state index in [4.69, 9.17) is 5.11 Å². The smallest absolute Gasteiger partial charge is 0.335 e. The van der Waals surface area contributed by atoms with E-state index in [0.29, 0.717) is 6.54 Å². The van der Waals surface area contributed by atoms with Crippen LogP contribution in [-0.4, -0.2) is 20.9 Å². The second-order valence-electron chi connectivity index (χ2n) is 4.27. The standard InChI is InChI=1S/C13H14FN3O2/c1-8-10(7-17(2)16-8)6-15-12-5-9(13(18)19)3-4-11(12)14/h3-5,7,15H,6H2,1-2H3,(H,18,19). The van der Waals surface area contributed by atoms with Crippen LogP contribution in [0.3, 0.4) is 0 Å². The Balaban J connectivity index is 2.17. The predicted octanol–water partition coefficient (Wildman–Crippen LogP) is 2.18. The average molecular weight is 263 g/mol. The lowest BCUT2D eigenvalue weighted by Gasteiger charge is -2.07. The first kappa shape index (κ1) is 13.1. The van der Waals surface area contributed by atoms with Gasteiger partial charge in [0.2, 0.25) is 0 Å². The minimum atomic E-state index is -1.08. The Labute approximate surface area is 109 Å². The minimum absolute atomic E-state index is 0.0480. The fourth-order valence-electron chi connectivity index (χ4n) is 1.81. The Bertz CT molecular complexity index is 622. The number of aryl methyl sites for hydroxylation is 2. The summed E-state index contributed by atoms with van der Waals surface area (Å²) in [4.78, 5) is 10.8. The van der Waals surface area contributed by atoms with Crippen molar-refractivity contribution in [3.05, 3.63) is 47.0 Å². The number of nitrogens with zero attached hydrogens (tertiary/aromatic N) is 2. The third-order valence-corrected chi connectivity index (χ3v) is 2.80. The van der Waals surface area contributed by atoms with E-state index in [1.54, 1.807) is 4.68 Å². The zero-order chi connectivity index (χ0) is 14.0. The lowest BCUT2D eigenvalue weighted by molar-refractivity contribution is 0.0697. The average Bonchev–Trinajstić information content (AvgIpc) is 2.66. The fourth-order valence-corrected chi connectivity index (χ4v) is 1.81. The molecule has 5 nitrogen and oxygen atoms in total. The number of hydrogen-bond donors (Lipinski definition) is 2. The van der Waals surface area contributed by atoms with E-state index in [1.807, 2.05) is 20.2 Å². The van der Waals surface area contributed by atoms with E-state index in [9.17, 15) is 9.18 Å². The second kappa shape index (κ2) is 5.09. The molecule has 0 fully saturated rings. The van der Waals surface area contributed by atoms with Crippen LogP contribution < -0.4 is 5.32 Å². The van der Waals surface area contributed by atoms with Crippen LogP contribution in [0, 0.1) is 12.7 Å². The molecule has 0 radical (unpaired) electrons. The van der Waals surface area contributed by atoms with Gasteiger partial charge in [0.15, 0.2) is 0 Å². The number of carbonyl (C=O) groups is 1. The highest BCUT2D eigenvalue weighted by Crippen LogP contribution is 2.18. The van der Waals surface area contributed by atoms with Gasteiger partial charge in [0.1, 0.15) is 5.82 Å². The van der Waals surface area contributed by atoms with Crippen molar-refractivity contribution in [2.24, 2.45) is 7.05 Å². The van der Waals surface area contributed by atoms with Crippen molar-refractivity contribution in [3.63, 3.8) is 0 Å². The predicted molar refractivity (Wildman–Crippen MR) is 68.6 cm³/mol. The van der Waals surface area contributed by atoms with E-state index in [1.165, 1.54) is 12.1 Å². The van der Waals surface area contributed by atoms with Gasteiger partial charge in [-0.25, -0.2) is 9.18 Å². The van der Waals surface area contributed by atoms with Crippen LogP contribution in [0.25, 0.3) is 0 Å². The molecule has 2 aromatic rings. The molecular formula is C13H14FN3O2. The number of anilines is 1. The number of carboxylic acid groups (broad SMARTS) is 1. The summed E-state index contributed by atoms with van der Waals surface area (Å²) in [7, 11) is 1.81. The Hall–Kier alpha value is -2.37. The van der Waals surface area contributed by atoms with Crippen LogP contribution in [0.15, 0.2) is 24.4 Å². The Kier molecular flexibility index (Phi) is 3.50. The number of halogens is 1. The van der Waals surface area contributed by atoms with Gasteiger partial charge in [0.25, 0.3) is 0 Å². The molecule has 0 saturated carbocycles. The van der Waals surface area contributed by atoms with Crippen molar-refractivity contribution in [1.82, 2.24) is 9.78 Å². The molecule has 2 rings (SSSR count). The van der Waals surface area contributed by atoms with E-state index in [0.717, 1.165) is 17.3 Å². The van der Waals surface area contributed by atoms with Crippen molar-refractivity contribution >= 4 is 11.7 Å². The summed E-state index contributed by atoms with van der Waals surface area (Å²) in [6, 6.07) is 3.66. The summed E-state index contributed by atoms with van der Waals surface area (Å²) in [6.07, 6.45) is 1.83. The van der Waals surface area contributed by atoms with Crippen LogP contribution in [0.4, 0.5) is 10.1 Å². The summed E-state index contributed by atoms with van der Waals surface area (Å²) >= 11 is 0. The molecule has 0 aliphatic heterocycles. The molecule has 1 aromatic carbocycles. The van der Waals surface area contributed by atoms with Gasteiger partial charge in [-0.15, -0.1) is 0 Å². The van der Waals surface area contributed by atoms with Crippen LogP contribution in [0.1, 0.15) is 21.6 Å². The normalized spacial score (nSPS) is 10.5. The largest absolute Gasteiger partial charge is 0.478 e. The number of carboxylic acids is 1. The SMILES string of the molecule is Cc1nn(C)cc1CNc1cc(C(=O)O)ccc1F. The molecule has 0 aliphatic carbocycles. The molecule has 0 amide bonds. The van der Waals surface area contributed by atoms with Gasteiger partial charge in [-0.2, -0.15) is 5.10 Å². The lowest BCUT2D eigenvalue weighted by Crippen LogP contribution is -2.04. The quantitative estimate of drug-likeness (QED) is 0.887. The van der Waals surface area contributed by atoms with Crippen LogP contribution in [0.5, 0.6) is 0 Å². The van der Waals surface area contributed by atoms with Gasteiger partial charge in [-0.05, 0) is 25.1 Å². The zero-order valence-corrected chi connectivity index (χ0v) is 10.6. The van der Waals surface area contributed by atoms with Gasteiger partial charge in [-0.3, -0.25) is 4.68 Å². The Morgan fingerprint density at radius 3 is 2.84 bits per heavy atom. The summed E-state index contributed by atoms with van der Waals surface area (Å²) in [5, 5.41) is 15.9. The van der Waals surface area contributed by atoms with Crippen molar-refractivity contribution < 1.29 is 14.3 Å². The number of aromatic carboxylic acids is 1. The van der Waals surface area contributed by atoms with Crippen LogP contribution >= 0.6 is 0 Å². The Morgan fingerprint density at radius 1 is 1.53 bits per heavy atom. The molecule has 2 N–H and O–H groups in total. The third-order valence-electron chi connectivity index (χ3n) is 2.80. The number of aromatic nitrogens is 2. The molecule has 0 unspecified atom stereocenters. The summed E-state index contributed by atoms with van der Waals surface area (Å²) < 4.78 is 15.2. The molecule has 1 heterocycles. The molecule has 0 saturated heterocycles. The molecule has 0 spiro atoms. The number of benzene rings is 1. The number of nitrogens with one attached hydrogen (secondary N) is 1. The summed E-state index contributed by atoms with van der Waals surface area (Å²) in [6.45, 7) is 2.25. The van der Waals surface area contributed by atoms with E-state index < -0.39 is 11.8 Å². The number of hydrogen-bond acceptors (Lipinski definition) is 3. The monoisotopic (exact) mass is 263 g/mol. The van der Waals surface area contributed by atoms with Crippen molar-refractivity contribution in [2.45, 2.75) is 13.5 Å². The lowest BCUT2D eigenvalue weighted by atomic mass is 10.2. The molecule has 0 atom stereocenters. The maximum absolute atomic E-state index is 13.6. The molecule has 0 bridgehead atoms. The molecule has 6 heteroatoms. The van der Waals surface area contributed by atoms with Gasteiger partial charge >= 0.3 is 5.97 Å². The van der Waals surface area contributed by atoms with Gasteiger partial charge in [0, 0.05) is 25.4 Å². The molecule has 100 valence electrons. The minimum Gasteiger partial charge on any atom is -0.478 e. The molecule has 19 heavy (non-hydrogen) atoms. The van der Waals surface area contributed by atoms with Crippen molar-refractivity contribution in [1.29, 1.82) is 0 Å². The van der Waals surface area contributed by atoms with E-state index in [-0.39, 0.29) is 11.3 Å². The summed E-state index contributed by atoms with van der Waals surface area (Å²) in [5.41, 5.74) is 2.00. The number of rotatable bonds is 4. The third kappa shape index (κ3) is 2.90. The van der Waals surface area contributed by atoms with Gasteiger partial charge in [-0.1, -0.05) is 0 Å². The van der Waals surface area contributed by atoms with Crippen LogP contribution in [0.2, 0.25) is 0 Å². The van der Waals surface area contributed by atoms with E-state index >= 15 is 0 Å².